The standard InChI is InChI=1S/C28H38O6/c1-14-11-21(33-25(32)17(14)13-29)15(2)18-5-6-19-16-12-24-28(34-24)23(31)8-7-22(30)27(28,4)20(16)9-10-26(18,19)3/h7-8,15-16,18-21,23-24,29,31H,5-6,9-13H2,1-4H3/t15?,16-,18-,19-,20?,21+,23+,24-,26+,27-,28+/m1/s1. The lowest BCUT2D eigenvalue weighted by atomic mass is 9.44. The highest BCUT2D eigenvalue weighted by Crippen LogP contribution is 2.73. The summed E-state index contributed by atoms with van der Waals surface area (Å²) in [5, 5.41) is 20.4. The van der Waals surface area contributed by atoms with Crippen LogP contribution in [0.25, 0.3) is 0 Å². The first kappa shape index (κ1) is 22.9. The molecule has 1 saturated heterocycles. The second kappa shape index (κ2) is 7.27. The van der Waals surface area contributed by atoms with E-state index in [9.17, 15) is 19.8 Å². The Hall–Kier alpha value is -1.50. The van der Waals surface area contributed by atoms with Gasteiger partial charge in [-0.25, -0.2) is 4.79 Å². The Morgan fingerprint density at radius 3 is 2.65 bits per heavy atom. The van der Waals surface area contributed by atoms with Crippen LogP contribution in [0.5, 0.6) is 0 Å². The zero-order valence-corrected chi connectivity index (χ0v) is 20.8. The molecule has 0 aromatic rings. The summed E-state index contributed by atoms with van der Waals surface area (Å²) >= 11 is 0. The van der Waals surface area contributed by atoms with E-state index in [2.05, 4.69) is 20.8 Å². The summed E-state index contributed by atoms with van der Waals surface area (Å²) in [5.41, 5.74) is 0.129. The fraction of sp³-hybridized carbons (Fsp3) is 0.786. The van der Waals surface area contributed by atoms with E-state index in [-0.39, 0.29) is 47.8 Å². The van der Waals surface area contributed by atoms with E-state index < -0.39 is 17.1 Å². The van der Waals surface area contributed by atoms with Crippen LogP contribution >= 0.6 is 0 Å². The highest BCUT2D eigenvalue weighted by Gasteiger charge is 2.80. The molecule has 2 unspecified atom stereocenters. The Balaban J connectivity index is 1.27. The number of hydrogen-bond donors (Lipinski definition) is 2. The van der Waals surface area contributed by atoms with Gasteiger partial charge in [0.05, 0.1) is 23.7 Å². The SMILES string of the molecule is CC1=C(CO)C(=O)O[C@H](C(C)[C@H]2CC[C@@H]3[C@H]4C[C@H]5O[C@@]56[C@@H](O)C=CC(=O)[C@@]6(C)C4CC[C@@]23C)C1. The molecular formula is C28H38O6. The van der Waals surface area contributed by atoms with Gasteiger partial charge in [0.25, 0.3) is 0 Å². The number of ether oxygens (including phenoxy) is 2. The topological polar surface area (TPSA) is 96.4 Å². The lowest BCUT2D eigenvalue weighted by molar-refractivity contribution is -0.155. The molecule has 0 aromatic carbocycles. The first-order valence-corrected chi connectivity index (χ1v) is 13.2. The quantitative estimate of drug-likeness (QED) is 0.485. The molecule has 6 nitrogen and oxygen atoms in total. The van der Waals surface area contributed by atoms with Crippen molar-refractivity contribution in [2.45, 2.75) is 90.1 Å². The van der Waals surface area contributed by atoms with Gasteiger partial charge in [-0.1, -0.05) is 19.4 Å². The molecular weight excluding hydrogens is 432 g/mol. The molecule has 6 rings (SSSR count). The number of cyclic esters (lactones) is 1. The third-order valence-corrected chi connectivity index (χ3v) is 11.6. The average Bonchev–Trinajstić information content (AvgIpc) is 3.43. The Morgan fingerprint density at radius 2 is 1.94 bits per heavy atom. The van der Waals surface area contributed by atoms with Gasteiger partial charge in [0.15, 0.2) is 5.78 Å². The molecule has 186 valence electrons. The number of ketones is 1. The van der Waals surface area contributed by atoms with E-state index in [0.717, 1.165) is 37.7 Å². The molecule has 0 bridgehead atoms. The second-order valence-corrected chi connectivity index (χ2v) is 12.5. The van der Waals surface area contributed by atoms with Gasteiger partial charge >= 0.3 is 5.97 Å². The predicted molar refractivity (Wildman–Crippen MR) is 124 cm³/mol. The molecule has 3 saturated carbocycles. The van der Waals surface area contributed by atoms with Crippen LogP contribution in [0.1, 0.15) is 66.2 Å². The van der Waals surface area contributed by atoms with Crippen molar-refractivity contribution in [3.63, 3.8) is 0 Å². The Kier molecular flexibility index (Phi) is 4.90. The molecule has 1 spiro atoms. The minimum atomic E-state index is -0.719. The number of epoxide rings is 1. The van der Waals surface area contributed by atoms with Crippen LogP contribution in [0, 0.1) is 40.4 Å². The zero-order chi connectivity index (χ0) is 24.2. The maximum Gasteiger partial charge on any atom is 0.336 e. The van der Waals surface area contributed by atoms with E-state index in [1.165, 1.54) is 0 Å². The van der Waals surface area contributed by atoms with Crippen LogP contribution in [0.3, 0.4) is 0 Å². The normalized spacial score (nSPS) is 52.4. The first-order chi connectivity index (χ1) is 16.1. The van der Waals surface area contributed by atoms with Crippen molar-refractivity contribution >= 4 is 11.8 Å². The Labute approximate surface area is 201 Å². The van der Waals surface area contributed by atoms with Crippen LogP contribution in [0.4, 0.5) is 0 Å². The van der Waals surface area contributed by atoms with Crippen molar-refractivity contribution in [2.24, 2.45) is 40.4 Å². The Bertz CT molecular complexity index is 999. The van der Waals surface area contributed by atoms with Gasteiger partial charge in [0.2, 0.25) is 0 Å². The van der Waals surface area contributed by atoms with Gasteiger partial charge < -0.3 is 19.7 Å². The summed E-state index contributed by atoms with van der Waals surface area (Å²) < 4.78 is 12.1. The van der Waals surface area contributed by atoms with Crippen LogP contribution in [-0.4, -0.2) is 52.5 Å². The number of hydrogen-bond acceptors (Lipinski definition) is 6. The van der Waals surface area contributed by atoms with E-state index in [1.807, 2.05) is 6.92 Å². The molecule has 0 amide bonds. The third kappa shape index (κ3) is 2.63. The maximum atomic E-state index is 13.3. The van der Waals surface area contributed by atoms with Gasteiger partial charge in [-0.05, 0) is 93.1 Å². The van der Waals surface area contributed by atoms with Crippen LogP contribution in [0.2, 0.25) is 0 Å². The minimum absolute atomic E-state index is 0.0366. The molecule has 2 heterocycles. The van der Waals surface area contributed by atoms with Crippen molar-refractivity contribution in [3.05, 3.63) is 23.3 Å². The number of fused-ring (bicyclic) bond motifs is 4. The Morgan fingerprint density at radius 1 is 1.18 bits per heavy atom. The van der Waals surface area contributed by atoms with Gasteiger partial charge in [-0.3, -0.25) is 4.79 Å². The summed E-state index contributed by atoms with van der Waals surface area (Å²) in [6.45, 7) is 8.41. The summed E-state index contributed by atoms with van der Waals surface area (Å²) in [6.07, 6.45) is 8.23. The average molecular weight is 471 g/mol. The summed E-state index contributed by atoms with van der Waals surface area (Å²) in [5.74, 6) is 1.61. The van der Waals surface area contributed by atoms with Crippen molar-refractivity contribution in [1.82, 2.24) is 0 Å². The molecule has 0 aromatic heterocycles. The van der Waals surface area contributed by atoms with Crippen molar-refractivity contribution in [3.8, 4) is 0 Å². The molecule has 6 aliphatic rings. The molecule has 4 aliphatic carbocycles. The summed E-state index contributed by atoms with van der Waals surface area (Å²) in [6, 6.07) is 0. The molecule has 11 atom stereocenters. The molecule has 2 N–H and O–H groups in total. The van der Waals surface area contributed by atoms with Crippen LogP contribution in [-0.2, 0) is 19.1 Å². The predicted octanol–water partition coefficient (Wildman–Crippen LogP) is 3.35. The number of rotatable bonds is 3. The minimum Gasteiger partial charge on any atom is -0.458 e. The van der Waals surface area contributed by atoms with Crippen LogP contribution < -0.4 is 0 Å². The fourth-order valence-corrected chi connectivity index (χ4v) is 9.69. The largest absolute Gasteiger partial charge is 0.458 e. The molecule has 6 heteroatoms. The molecule has 34 heavy (non-hydrogen) atoms. The number of esters is 1. The number of aliphatic hydroxyl groups excluding tert-OH is 2. The second-order valence-electron chi connectivity index (χ2n) is 12.5. The third-order valence-electron chi connectivity index (χ3n) is 11.6. The van der Waals surface area contributed by atoms with Crippen molar-refractivity contribution < 1.29 is 29.3 Å². The highest BCUT2D eigenvalue weighted by atomic mass is 16.6. The zero-order valence-electron chi connectivity index (χ0n) is 20.8. The van der Waals surface area contributed by atoms with Crippen LogP contribution in [0.15, 0.2) is 23.3 Å². The van der Waals surface area contributed by atoms with Crippen molar-refractivity contribution in [1.29, 1.82) is 0 Å². The number of allylic oxidation sites excluding steroid dienone is 1. The molecule has 4 fully saturated rings. The summed E-state index contributed by atoms with van der Waals surface area (Å²) in [7, 11) is 0. The van der Waals surface area contributed by atoms with Gasteiger partial charge in [-0.15, -0.1) is 0 Å². The maximum absolute atomic E-state index is 13.3. The van der Waals surface area contributed by atoms with Gasteiger partial charge in [0.1, 0.15) is 17.8 Å². The molecule has 2 aliphatic heterocycles. The monoisotopic (exact) mass is 470 g/mol. The molecule has 0 radical (unpaired) electrons. The van der Waals surface area contributed by atoms with E-state index in [1.54, 1.807) is 12.2 Å². The lowest BCUT2D eigenvalue weighted by Crippen LogP contribution is -2.63. The number of carbonyl (C=O) groups excluding carboxylic acids is 2. The lowest BCUT2D eigenvalue weighted by Gasteiger charge is -2.58. The van der Waals surface area contributed by atoms with Gasteiger partial charge in [-0.2, -0.15) is 0 Å². The smallest absolute Gasteiger partial charge is 0.336 e. The van der Waals surface area contributed by atoms with E-state index in [4.69, 9.17) is 9.47 Å². The van der Waals surface area contributed by atoms with Crippen molar-refractivity contribution in [2.75, 3.05) is 6.61 Å². The fourth-order valence-electron chi connectivity index (χ4n) is 9.69. The highest BCUT2D eigenvalue weighted by molar-refractivity contribution is 5.98. The summed E-state index contributed by atoms with van der Waals surface area (Å²) in [4.78, 5) is 25.8. The number of carbonyl (C=O) groups is 2. The number of aliphatic hydroxyl groups is 2. The van der Waals surface area contributed by atoms with E-state index >= 15 is 0 Å². The first-order valence-electron chi connectivity index (χ1n) is 13.2. The van der Waals surface area contributed by atoms with Gasteiger partial charge in [0, 0.05) is 6.42 Å². The van der Waals surface area contributed by atoms with E-state index in [0.29, 0.717) is 29.7 Å².